The molecule has 0 spiro atoms. The van der Waals surface area contributed by atoms with Gasteiger partial charge in [0.1, 0.15) is 5.82 Å². The first kappa shape index (κ1) is 16.8. The minimum absolute atomic E-state index is 0.171. The van der Waals surface area contributed by atoms with E-state index >= 15 is 0 Å². The number of benzene rings is 1. The number of rotatable bonds is 7. The lowest BCUT2D eigenvalue weighted by atomic mass is 10.1. The number of imidazole rings is 1. The molecule has 3 aromatic rings. The van der Waals surface area contributed by atoms with Crippen LogP contribution in [0.5, 0.6) is 0 Å². The molecule has 0 aliphatic carbocycles. The first-order valence-corrected chi connectivity index (χ1v) is 8.16. The van der Waals surface area contributed by atoms with E-state index in [2.05, 4.69) is 41.3 Å². The molecule has 2 heterocycles. The van der Waals surface area contributed by atoms with Crippen LogP contribution < -0.4 is 0 Å². The van der Waals surface area contributed by atoms with E-state index in [9.17, 15) is 4.79 Å². The Bertz CT molecular complexity index is 849. The molecule has 0 aliphatic heterocycles. The molecule has 5 heteroatoms. The van der Waals surface area contributed by atoms with E-state index in [0.29, 0.717) is 25.4 Å². The van der Waals surface area contributed by atoms with Crippen molar-refractivity contribution in [1.82, 2.24) is 14.5 Å². The number of carbonyl (C=O) groups is 1. The molecule has 0 fully saturated rings. The molecule has 0 bridgehead atoms. The van der Waals surface area contributed by atoms with Crippen molar-refractivity contribution >= 4 is 5.91 Å². The summed E-state index contributed by atoms with van der Waals surface area (Å²) in [6.07, 6.45) is 6.89. The molecular weight excluding hydrogens is 314 g/mol. The molecular formula is C20H21N3O2. The number of hydrogen-bond acceptors (Lipinski definition) is 3. The summed E-state index contributed by atoms with van der Waals surface area (Å²) >= 11 is 0. The van der Waals surface area contributed by atoms with Gasteiger partial charge in [-0.05, 0) is 24.6 Å². The quantitative estimate of drug-likeness (QED) is 0.619. The summed E-state index contributed by atoms with van der Waals surface area (Å²) in [5.74, 6) is 0.969. The van der Waals surface area contributed by atoms with Gasteiger partial charge in [0.2, 0.25) is 0 Å². The van der Waals surface area contributed by atoms with Gasteiger partial charge in [-0.15, -0.1) is 6.58 Å². The van der Waals surface area contributed by atoms with Crippen LogP contribution >= 0.6 is 0 Å². The molecule has 0 aliphatic rings. The van der Waals surface area contributed by atoms with Gasteiger partial charge in [0.05, 0.1) is 12.8 Å². The maximum Gasteiger partial charge on any atom is 0.290 e. The van der Waals surface area contributed by atoms with Crippen molar-refractivity contribution in [3.63, 3.8) is 0 Å². The van der Waals surface area contributed by atoms with Crippen molar-refractivity contribution in [3.05, 3.63) is 90.4 Å². The number of aromatic nitrogens is 2. The monoisotopic (exact) mass is 335 g/mol. The van der Waals surface area contributed by atoms with Gasteiger partial charge < -0.3 is 13.9 Å². The molecule has 0 radical (unpaired) electrons. The average molecular weight is 335 g/mol. The Hall–Kier alpha value is -3.08. The van der Waals surface area contributed by atoms with Crippen LogP contribution in [0, 0.1) is 6.92 Å². The van der Waals surface area contributed by atoms with Gasteiger partial charge in [-0.3, -0.25) is 4.79 Å². The minimum atomic E-state index is -0.171. The lowest BCUT2D eigenvalue weighted by Crippen LogP contribution is -2.31. The number of amides is 1. The normalized spacial score (nSPS) is 10.6. The zero-order valence-electron chi connectivity index (χ0n) is 14.3. The van der Waals surface area contributed by atoms with Crippen LogP contribution in [0.3, 0.4) is 0 Å². The summed E-state index contributed by atoms with van der Waals surface area (Å²) in [5.41, 5.74) is 2.42. The Morgan fingerprint density at radius 2 is 2.24 bits per heavy atom. The molecule has 0 N–H and O–H groups in total. The van der Waals surface area contributed by atoms with Crippen LogP contribution in [0.2, 0.25) is 0 Å². The maximum atomic E-state index is 12.6. The molecule has 5 nitrogen and oxygen atoms in total. The van der Waals surface area contributed by atoms with Crippen LogP contribution in [0.4, 0.5) is 0 Å². The Morgan fingerprint density at radius 3 is 2.96 bits per heavy atom. The fourth-order valence-electron chi connectivity index (χ4n) is 2.74. The Labute approximate surface area is 147 Å². The van der Waals surface area contributed by atoms with Gasteiger partial charge in [0.25, 0.3) is 5.91 Å². The van der Waals surface area contributed by atoms with Crippen molar-refractivity contribution < 1.29 is 9.21 Å². The lowest BCUT2D eigenvalue weighted by Gasteiger charge is -2.20. The van der Waals surface area contributed by atoms with Crippen molar-refractivity contribution in [2.45, 2.75) is 20.0 Å². The number of aryl methyl sites for hydroxylation is 1. The third kappa shape index (κ3) is 4.07. The second-order valence-corrected chi connectivity index (χ2v) is 5.91. The molecule has 0 unspecified atom stereocenters. The zero-order chi connectivity index (χ0) is 17.6. The Morgan fingerprint density at radius 1 is 1.36 bits per heavy atom. The van der Waals surface area contributed by atoms with Crippen LogP contribution in [0.1, 0.15) is 27.5 Å². The third-order valence-corrected chi connectivity index (χ3v) is 3.94. The average Bonchev–Trinajstić information content (AvgIpc) is 3.26. The lowest BCUT2D eigenvalue weighted by molar-refractivity contribution is 0.0725. The summed E-state index contributed by atoms with van der Waals surface area (Å²) in [6.45, 7) is 7.35. The third-order valence-electron chi connectivity index (χ3n) is 3.94. The topological polar surface area (TPSA) is 51.3 Å². The number of carbonyl (C=O) groups excluding carboxylic acids is 1. The SMILES string of the molecule is C=CCN(Cc1nccn1Cc1cccc(C)c1)C(=O)c1ccco1. The summed E-state index contributed by atoms with van der Waals surface area (Å²) in [7, 11) is 0. The van der Waals surface area contributed by atoms with Crippen molar-refractivity contribution in [2.75, 3.05) is 6.54 Å². The van der Waals surface area contributed by atoms with E-state index in [1.54, 1.807) is 29.3 Å². The van der Waals surface area contributed by atoms with Gasteiger partial charge in [-0.1, -0.05) is 35.9 Å². The molecule has 128 valence electrons. The zero-order valence-corrected chi connectivity index (χ0v) is 14.3. The first-order valence-electron chi connectivity index (χ1n) is 8.16. The molecule has 2 aromatic heterocycles. The van der Waals surface area contributed by atoms with E-state index in [1.165, 1.54) is 17.4 Å². The Kier molecular flexibility index (Phi) is 5.14. The van der Waals surface area contributed by atoms with Gasteiger partial charge in [0.15, 0.2) is 5.76 Å². The van der Waals surface area contributed by atoms with Gasteiger partial charge in [-0.2, -0.15) is 0 Å². The molecule has 0 saturated carbocycles. The summed E-state index contributed by atoms with van der Waals surface area (Å²) in [6, 6.07) is 11.7. The van der Waals surface area contributed by atoms with Gasteiger partial charge >= 0.3 is 0 Å². The molecule has 25 heavy (non-hydrogen) atoms. The predicted octanol–water partition coefficient (Wildman–Crippen LogP) is 3.66. The van der Waals surface area contributed by atoms with Crippen molar-refractivity contribution in [3.8, 4) is 0 Å². The van der Waals surface area contributed by atoms with Crippen LogP contribution in [0.15, 0.2) is 72.1 Å². The number of hydrogen-bond donors (Lipinski definition) is 0. The van der Waals surface area contributed by atoms with E-state index in [0.717, 1.165) is 5.82 Å². The fourth-order valence-corrected chi connectivity index (χ4v) is 2.74. The highest BCUT2D eigenvalue weighted by molar-refractivity contribution is 5.91. The maximum absolute atomic E-state index is 12.6. The summed E-state index contributed by atoms with van der Waals surface area (Å²) in [5, 5.41) is 0. The standard InChI is InChI=1S/C20H21N3O2/c1-3-10-23(20(24)18-8-5-12-25-18)15-19-21-9-11-22(19)14-17-7-4-6-16(2)13-17/h3-9,11-13H,1,10,14-15H2,2H3. The largest absolute Gasteiger partial charge is 0.459 e. The molecule has 3 rings (SSSR count). The number of furan rings is 1. The predicted molar refractivity (Wildman–Crippen MR) is 96.2 cm³/mol. The van der Waals surface area contributed by atoms with Crippen LogP contribution in [0.25, 0.3) is 0 Å². The van der Waals surface area contributed by atoms with Gasteiger partial charge in [0, 0.05) is 25.5 Å². The fraction of sp³-hybridized carbons (Fsp3) is 0.200. The first-order chi connectivity index (χ1) is 12.2. The summed E-state index contributed by atoms with van der Waals surface area (Å²) in [4.78, 5) is 18.7. The number of nitrogens with zero attached hydrogens (tertiary/aromatic N) is 3. The van der Waals surface area contributed by atoms with E-state index < -0.39 is 0 Å². The van der Waals surface area contributed by atoms with Crippen molar-refractivity contribution in [1.29, 1.82) is 0 Å². The van der Waals surface area contributed by atoms with Crippen LogP contribution in [-0.4, -0.2) is 26.9 Å². The molecule has 1 aromatic carbocycles. The van der Waals surface area contributed by atoms with Crippen molar-refractivity contribution in [2.24, 2.45) is 0 Å². The second-order valence-electron chi connectivity index (χ2n) is 5.91. The highest BCUT2D eigenvalue weighted by Gasteiger charge is 2.19. The molecule has 1 amide bonds. The highest BCUT2D eigenvalue weighted by Crippen LogP contribution is 2.12. The van der Waals surface area contributed by atoms with Gasteiger partial charge in [-0.25, -0.2) is 4.98 Å². The van der Waals surface area contributed by atoms with E-state index in [4.69, 9.17) is 4.42 Å². The second kappa shape index (κ2) is 7.66. The smallest absolute Gasteiger partial charge is 0.290 e. The Balaban J connectivity index is 1.78. The van der Waals surface area contributed by atoms with E-state index in [-0.39, 0.29) is 5.91 Å². The minimum Gasteiger partial charge on any atom is -0.459 e. The van der Waals surface area contributed by atoms with Crippen LogP contribution in [-0.2, 0) is 13.1 Å². The highest BCUT2D eigenvalue weighted by atomic mass is 16.3. The summed E-state index contributed by atoms with van der Waals surface area (Å²) < 4.78 is 7.28. The molecule has 0 saturated heterocycles. The van der Waals surface area contributed by atoms with E-state index in [1.807, 2.05) is 12.3 Å². The molecule has 0 atom stereocenters.